The summed E-state index contributed by atoms with van der Waals surface area (Å²) in [6.07, 6.45) is 1.40. The largest absolute Gasteiger partial charge is 0.468 e. The standard InChI is InChI=1S/C21H16ClN5O6S/c22-16-8-7-12(10-17(16)34(31,32)23-11-13-4-3-9-33-13)19(28)25-27-21(30)18-14-5-1-2-6-15(14)20(29)26-24-18/h1-10,23H,11H2,(H,25,28)(H,26,29)(H,27,30). The van der Waals surface area contributed by atoms with E-state index in [0.29, 0.717) is 11.1 Å². The molecule has 0 bridgehead atoms. The van der Waals surface area contributed by atoms with Crippen LogP contribution < -0.4 is 21.1 Å². The van der Waals surface area contributed by atoms with E-state index in [-0.39, 0.29) is 33.1 Å². The molecule has 2 aromatic heterocycles. The first-order valence-electron chi connectivity index (χ1n) is 9.66. The Kier molecular flexibility index (Phi) is 6.45. The van der Waals surface area contributed by atoms with Crippen LogP contribution in [-0.4, -0.2) is 30.4 Å². The second kappa shape index (κ2) is 9.47. The fraction of sp³-hybridized carbons (Fsp3) is 0.0476. The molecule has 2 aromatic carbocycles. The van der Waals surface area contributed by atoms with Crippen molar-refractivity contribution in [2.24, 2.45) is 0 Å². The number of nitrogens with zero attached hydrogens (tertiary/aromatic N) is 1. The van der Waals surface area contributed by atoms with Crippen LogP contribution in [0, 0.1) is 0 Å². The average molecular weight is 502 g/mol. The third-order valence-electron chi connectivity index (χ3n) is 4.70. The molecule has 0 aliphatic carbocycles. The smallest absolute Gasteiger partial charge is 0.290 e. The van der Waals surface area contributed by atoms with Gasteiger partial charge in [-0.1, -0.05) is 29.8 Å². The van der Waals surface area contributed by atoms with Crippen LogP contribution in [0.3, 0.4) is 0 Å². The van der Waals surface area contributed by atoms with Crippen molar-refractivity contribution in [3.05, 3.63) is 93.3 Å². The quantitative estimate of drug-likeness (QED) is 0.292. The summed E-state index contributed by atoms with van der Waals surface area (Å²) in [6, 6.07) is 13.2. The predicted molar refractivity (Wildman–Crippen MR) is 121 cm³/mol. The number of fused-ring (bicyclic) bond motifs is 1. The molecule has 4 N–H and O–H groups in total. The first kappa shape index (κ1) is 23.2. The lowest BCUT2D eigenvalue weighted by atomic mass is 10.1. The van der Waals surface area contributed by atoms with Gasteiger partial charge < -0.3 is 4.42 Å². The molecule has 0 aliphatic rings. The second-order valence-corrected chi connectivity index (χ2v) is 9.05. The summed E-state index contributed by atoms with van der Waals surface area (Å²) in [7, 11) is -4.08. The van der Waals surface area contributed by atoms with Gasteiger partial charge in [0.2, 0.25) is 10.0 Å². The summed E-state index contributed by atoms with van der Waals surface area (Å²) in [6.45, 7) is -0.113. The van der Waals surface area contributed by atoms with Crippen molar-refractivity contribution in [3.8, 4) is 0 Å². The summed E-state index contributed by atoms with van der Waals surface area (Å²) in [5.74, 6) is -1.20. The van der Waals surface area contributed by atoms with Gasteiger partial charge in [0.15, 0.2) is 5.69 Å². The molecule has 0 saturated carbocycles. The minimum atomic E-state index is -4.08. The van der Waals surface area contributed by atoms with Gasteiger partial charge in [0.1, 0.15) is 10.7 Å². The van der Waals surface area contributed by atoms with Gasteiger partial charge in [-0.05, 0) is 36.4 Å². The molecule has 34 heavy (non-hydrogen) atoms. The van der Waals surface area contributed by atoms with Gasteiger partial charge >= 0.3 is 0 Å². The molecule has 174 valence electrons. The number of carbonyl (C=O) groups is 2. The minimum Gasteiger partial charge on any atom is -0.468 e. The van der Waals surface area contributed by atoms with Gasteiger partial charge in [0.05, 0.1) is 23.2 Å². The van der Waals surface area contributed by atoms with Crippen LogP contribution in [0.2, 0.25) is 5.02 Å². The third-order valence-corrected chi connectivity index (χ3v) is 6.58. The molecule has 4 aromatic rings. The topological polar surface area (TPSA) is 163 Å². The SMILES string of the molecule is O=C(NNC(=O)c1n[nH]c(=O)c2ccccc12)c1ccc(Cl)c(S(=O)(=O)NCc2ccco2)c1. The third kappa shape index (κ3) is 4.83. The molecule has 4 rings (SSSR count). The highest BCUT2D eigenvalue weighted by Crippen LogP contribution is 2.23. The van der Waals surface area contributed by atoms with Crippen molar-refractivity contribution in [2.45, 2.75) is 11.4 Å². The molecule has 0 radical (unpaired) electrons. The van der Waals surface area contributed by atoms with Gasteiger partial charge in [-0.15, -0.1) is 0 Å². The highest BCUT2D eigenvalue weighted by Gasteiger charge is 2.21. The van der Waals surface area contributed by atoms with Crippen LogP contribution in [0.15, 0.2) is 75.0 Å². The van der Waals surface area contributed by atoms with Gasteiger partial charge in [0.25, 0.3) is 17.4 Å². The molecule has 0 saturated heterocycles. The van der Waals surface area contributed by atoms with Gasteiger partial charge in [-0.25, -0.2) is 18.2 Å². The van der Waals surface area contributed by atoms with E-state index >= 15 is 0 Å². The molecule has 2 heterocycles. The molecule has 13 heteroatoms. The van der Waals surface area contributed by atoms with Crippen LogP contribution in [0.4, 0.5) is 0 Å². The summed E-state index contributed by atoms with van der Waals surface area (Å²) >= 11 is 6.04. The number of furan rings is 1. The zero-order valence-electron chi connectivity index (χ0n) is 17.2. The Balaban J connectivity index is 1.49. The first-order chi connectivity index (χ1) is 16.3. The van der Waals surface area contributed by atoms with E-state index in [1.165, 1.54) is 24.5 Å². The number of hydrazine groups is 1. The Morgan fingerprint density at radius 2 is 1.74 bits per heavy atom. The Bertz CT molecular complexity index is 1550. The normalized spacial score (nSPS) is 11.3. The van der Waals surface area contributed by atoms with E-state index < -0.39 is 27.4 Å². The van der Waals surface area contributed by atoms with Gasteiger partial charge in [0, 0.05) is 10.9 Å². The lowest BCUT2D eigenvalue weighted by Gasteiger charge is -2.11. The summed E-state index contributed by atoms with van der Waals surface area (Å²) in [5.41, 5.74) is 3.72. The van der Waals surface area contributed by atoms with E-state index in [1.807, 2.05) is 0 Å². The maximum atomic E-state index is 12.7. The molecule has 11 nitrogen and oxygen atoms in total. The monoisotopic (exact) mass is 501 g/mol. The molecule has 0 aliphatic heterocycles. The van der Waals surface area contributed by atoms with E-state index in [0.717, 1.165) is 6.07 Å². The number of halogens is 1. The molecule has 0 atom stereocenters. The molecular formula is C21H16ClN5O6S. The Morgan fingerprint density at radius 3 is 2.47 bits per heavy atom. The number of sulfonamides is 1. The van der Waals surface area contributed by atoms with Gasteiger partial charge in [-0.3, -0.25) is 25.2 Å². The number of nitrogens with one attached hydrogen (secondary N) is 4. The van der Waals surface area contributed by atoms with Crippen molar-refractivity contribution >= 4 is 44.2 Å². The molecular weight excluding hydrogens is 486 g/mol. The van der Waals surface area contributed by atoms with E-state index in [4.69, 9.17) is 16.0 Å². The van der Waals surface area contributed by atoms with Crippen LogP contribution in [0.5, 0.6) is 0 Å². The number of rotatable bonds is 6. The zero-order valence-corrected chi connectivity index (χ0v) is 18.7. The fourth-order valence-electron chi connectivity index (χ4n) is 3.04. The molecule has 2 amide bonds. The van der Waals surface area contributed by atoms with Crippen LogP contribution in [0.25, 0.3) is 10.8 Å². The Hall–Kier alpha value is -4.00. The summed E-state index contributed by atoms with van der Waals surface area (Å²) in [5, 5.41) is 6.41. The van der Waals surface area contributed by atoms with Crippen molar-refractivity contribution in [3.63, 3.8) is 0 Å². The van der Waals surface area contributed by atoms with Crippen molar-refractivity contribution in [2.75, 3.05) is 0 Å². The highest BCUT2D eigenvalue weighted by molar-refractivity contribution is 7.89. The number of benzene rings is 2. The van der Waals surface area contributed by atoms with Crippen molar-refractivity contribution < 1.29 is 22.4 Å². The highest BCUT2D eigenvalue weighted by atomic mass is 35.5. The number of aromatic nitrogens is 2. The molecule has 0 fully saturated rings. The minimum absolute atomic E-state index is 0.0811. The zero-order chi connectivity index (χ0) is 24.3. The Morgan fingerprint density at radius 1 is 1.00 bits per heavy atom. The maximum absolute atomic E-state index is 12.7. The number of carbonyl (C=O) groups excluding carboxylic acids is 2. The van der Waals surface area contributed by atoms with Gasteiger partial charge in [-0.2, -0.15) is 5.10 Å². The molecule has 0 spiro atoms. The number of hydrogen-bond donors (Lipinski definition) is 4. The number of H-pyrrole nitrogens is 1. The fourth-order valence-corrected chi connectivity index (χ4v) is 4.56. The Labute approximate surface area is 197 Å². The predicted octanol–water partition coefficient (Wildman–Crippen LogP) is 1.72. The maximum Gasteiger partial charge on any atom is 0.290 e. The summed E-state index contributed by atoms with van der Waals surface area (Å²) in [4.78, 5) is 36.6. The lowest BCUT2D eigenvalue weighted by Crippen LogP contribution is -2.42. The second-order valence-electron chi connectivity index (χ2n) is 6.90. The molecule has 0 unspecified atom stereocenters. The van der Waals surface area contributed by atoms with E-state index in [2.05, 4.69) is 25.8 Å². The first-order valence-corrected chi connectivity index (χ1v) is 11.5. The average Bonchev–Trinajstić information content (AvgIpc) is 3.35. The van der Waals surface area contributed by atoms with E-state index in [9.17, 15) is 22.8 Å². The van der Waals surface area contributed by atoms with Crippen LogP contribution >= 0.6 is 11.6 Å². The number of hydrogen-bond acceptors (Lipinski definition) is 7. The number of amides is 2. The lowest BCUT2D eigenvalue weighted by molar-refractivity contribution is 0.0844. The van der Waals surface area contributed by atoms with Crippen LogP contribution in [-0.2, 0) is 16.6 Å². The van der Waals surface area contributed by atoms with Crippen LogP contribution in [0.1, 0.15) is 26.6 Å². The van der Waals surface area contributed by atoms with E-state index in [1.54, 1.807) is 30.3 Å². The number of aromatic amines is 1. The summed E-state index contributed by atoms with van der Waals surface area (Å²) < 4.78 is 32.7. The van der Waals surface area contributed by atoms with Crippen molar-refractivity contribution in [1.29, 1.82) is 0 Å². The van der Waals surface area contributed by atoms with Crippen molar-refractivity contribution in [1.82, 2.24) is 25.8 Å².